The molecule has 3 unspecified atom stereocenters. The van der Waals surface area contributed by atoms with Crippen LogP contribution >= 0.6 is 0 Å². The van der Waals surface area contributed by atoms with E-state index in [1.807, 2.05) is 31.2 Å². The third-order valence-corrected chi connectivity index (χ3v) is 6.77. The van der Waals surface area contributed by atoms with E-state index in [0.717, 1.165) is 54.9 Å². The van der Waals surface area contributed by atoms with Crippen LogP contribution in [0.25, 0.3) is 11.4 Å². The van der Waals surface area contributed by atoms with Crippen LogP contribution in [0, 0.1) is 19.8 Å². The maximum atomic E-state index is 11.9. The molecule has 0 bridgehead atoms. The number of carbonyl (C=O) groups is 1. The Hall–Kier alpha value is -2.71. The molecule has 0 spiro atoms. The predicted octanol–water partition coefficient (Wildman–Crippen LogP) is 2.47. The molecule has 8 nitrogen and oxygen atoms in total. The van der Waals surface area contributed by atoms with Gasteiger partial charge in [0.1, 0.15) is 11.6 Å². The molecule has 8 heteroatoms. The summed E-state index contributed by atoms with van der Waals surface area (Å²) in [6, 6.07) is 8.99. The molecule has 1 amide bonds. The van der Waals surface area contributed by atoms with Crippen molar-refractivity contribution < 1.29 is 9.53 Å². The number of nitrogens with one attached hydrogen (secondary N) is 4. The van der Waals surface area contributed by atoms with E-state index in [1.54, 1.807) is 0 Å². The van der Waals surface area contributed by atoms with Gasteiger partial charge in [0.25, 0.3) is 5.91 Å². The van der Waals surface area contributed by atoms with Gasteiger partial charge in [-0.25, -0.2) is 9.97 Å². The zero-order valence-corrected chi connectivity index (χ0v) is 18.8. The summed E-state index contributed by atoms with van der Waals surface area (Å²) in [6.45, 7) is 5.15. The fourth-order valence-electron chi connectivity index (χ4n) is 4.59. The predicted molar refractivity (Wildman–Crippen MR) is 123 cm³/mol. The molecule has 2 aliphatic carbocycles. The summed E-state index contributed by atoms with van der Waals surface area (Å²) >= 11 is 0. The first-order chi connectivity index (χ1) is 15.5. The van der Waals surface area contributed by atoms with Gasteiger partial charge in [0.05, 0.1) is 0 Å². The number of hydrogen-bond donors (Lipinski definition) is 4. The highest BCUT2D eigenvalue weighted by atomic mass is 16.5. The molecule has 1 saturated heterocycles. The van der Waals surface area contributed by atoms with E-state index in [1.165, 1.54) is 6.42 Å². The van der Waals surface area contributed by atoms with Crippen LogP contribution in [0.3, 0.4) is 0 Å². The van der Waals surface area contributed by atoms with Crippen LogP contribution in [0.4, 0.5) is 5.82 Å². The Morgan fingerprint density at radius 1 is 1.16 bits per heavy atom. The van der Waals surface area contributed by atoms with E-state index in [9.17, 15) is 4.79 Å². The monoisotopic (exact) mass is 436 g/mol. The van der Waals surface area contributed by atoms with Gasteiger partial charge in [0, 0.05) is 41.5 Å². The van der Waals surface area contributed by atoms with E-state index >= 15 is 0 Å². The molecule has 4 N–H and O–H groups in total. The average Bonchev–Trinajstić information content (AvgIpc) is 3.48. The summed E-state index contributed by atoms with van der Waals surface area (Å²) in [4.78, 5) is 21.5. The zero-order chi connectivity index (χ0) is 22.1. The number of rotatable bonds is 7. The van der Waals surface area contributed by atoms with Crippen LogP contribution in [0.1, 0.15) is 43.4 Å². The maximum Gasteiger partial charge on any atom is 0.258 e. The van der Waals surface area contributed by atoms with Crippen LogP contribution in [0.2, 0.25) is 0 Å². The van der Waals surface area contributed by atoms with Crippen molar-refractivity contribution >= 4 is 11.7 Å². The third-order valence-electron chi connectivity index (χ3n) is 6.77. The second-order valence-corrected chi connectivity index (χ2v) is 9.31. The van der Waals surface area contributed by atoms with Crippen molar-refractivity contribution in [2.24, 2.45) is 5.92 Å². The van der Waals surface area contributed by atoms with Gasteiger partial charge in [0.2, 0.25) is 0 Å². The van der Waals surface area contributed by atoms with E-state index in [-0.39, 0.29) is 12.5 Å². The summed E-state index contributed by atoms with van der Waals surface area (Å²) in [5, 5.41) is 6.64. The van der Waals surface area contributed by atoms with Crippen molar-refractivity contribution in [1.82, 2.24) is 26.1 Å². The molecule has 170 valence electrons. The van der Waals surface area contributed by atoms with Crippen molar-refractivity contribution in [1.29, 1.82) is 0 Å². The summed E-state index contributed by atoms with van der Waals surface area (Å²) in [5.41, 5.74) is 9.61. The first kappa shape index (κ1) is 21.2. The normalized spacial score (nSPS) is 24.6. The van der Waals surface area contributed by atoms with Gasteiger partial charge < -0.3 is 15.4 Å². The Balaban J connectivity index is 1.29. The number of aromatic nitrogens is 2. The first-order valence-electron chi connectivity index (χ1n) is 11.7. The molecular weight excluding hydrogens is 404 g/mol. The number of fused-ring (bicyclic) bond motifs is 1. The largest absolute Gasteiger partial charge is 0.484 e. The van der Waals surface area contributed by atoms with Gasteiger partial charge in [-0.1, -0.05) is 12.1 Å². The lowest BCUT2D eigenvalue weighted by molar-refractivity contribution is -0.123. The van der Waals surface area contributed by atoms with Crippen molar-refractivity contribution in [2.45, 2.75) is 64.1 Å². The molecular formula is C24H32N6O2. The van der Waals surface area contributed by atoms with Crippen molar-refractivity contribution in [2.75, 3.05) is 18.5 Å². The molecule has 3 fully saturated rings. The van der Waals surface area contributed by atoms with E-state index in [4.69, 9.17) is 14.7 Å². The standard InChI is InChI=1S/C24H32N6O2/c1-14-15(2)26-24(29-23(14)28-19-8-9-21-17(10-19)12-25-30-21)16-4-3-5-20(11-16)32-13-22(31)27-18-6-7-18/h3-5,11,17-19,21,25,30H,6-10,12-13H2,1-2H3,(H,27,31)(H,26,28,29). The fraction of sp³-hybridized carbons (Fsp3) is 0.542. The molecule has 3 atom stereocenters. The highest BCUT2D eigenvalue weighted by molar-refractivity contribution is 5.78. The zero-order valence-electron chi connectivity index (χ0n) is 18.8. The lowest BCUT2D eigenvalue weighted by Gasteiger charge is -2.32. The van der Waals surface area contributed by atoms with E-state index in [0.29, 0.717) is 35.6 Å². The van der Waals surface area contributed by atoms with E-state index in [2.05, 4.69) is 28.4 Å². The van der Waals surface area contributed by atoms with Crippen molar-refractivity contribution in [3.8, 4) is 17.1 Å². The Labute approximate surface area is 188 Å². The molecule has 2 aromatic rings. The van der Waals surface area contributed by atoms with Crippen LogP contribution < -0.4 is 26.2 Å². The molecule has 1 aromatic heterocycles. The number of anilines is 1. The second-order valence-electron chi connectivity index (χ2n) is 9.31. The number of aryl methyl sites for hydroxylation is 1. The average molecular weight is 437 g/mol. The van der Waals surface area contributed by atoms with Gasteiger partial charge in [-0.2, -0.15) is 0 Å². The van der Waals surface area contributed by atoms with Crippen molar-refractivity contribution in [3.05, 3.63) is 35.5 Å². The molecule has 2 saturated carbocycles. The van der Waals surface area contributed by atoms with Crippen LogP contribution in [0.15, 0.2) is 24.3 Å². The van der Waals surface area contributed by atoms with Gasteiger partial charge in [-0.05, 0) is 64.0 Å². The fourth-order valence-corrected chi connectivity index (χ4v) is 4.59. The smallest absolute Gasteiger partial charge is 0.258 e. The summed E-state index contributed by atoms with van der Waals surface area (Å²) in [6.07, 6.45) is 5.56. The molecule has 3 aliphatic rings. The van der Waals surface area contributed by atoms with Gasteiger partial charge in [-0.15, -0.1) is 0 Å². The molecule has 5 rings (SSSR count). The minimum Gasteiger partial charge on any atom is -0.484 e. The highest BCUT2D eigenvalue weighted by Crippen LogP contribution is 2.30. The Bertz CT molecular complexity index is 992. The number of ether oxygens (including phenoxy) is 1. The number of nitrogens with zero attached hydrogens (tertiary/aromatic N) is 2. The quantitative estimate of drug-likeness (QED) is 0.529. The molecule has 1 aliphatic heterocycles. The lowest BCUT2D eigenvalue weighted by Crippen LogP contribution is -2.39. The van der Waals surface area contributed by atoms with Gasteiger partial charge >= 0.3 is 0 Å². The number of carbonyl (C=O) groups excluding carboxylic acids is 1. The summed E-state index contributed by atoms with van der Waals surface area (Å²) < 4.78 is 5.71. The molecule has 32 heavy (non-hydrogen) atoms. The van der Waals surface area contributed by atoms with Gasteiger partial charge in [-0.3, -0.25) is 15.6 Å². The molecule has 1 aromatic carbocycles. The molecule has 2 heterocycles. The van der Waals surface area contributed by atoms with E-state index < -0.39 is 0 Å². The summed E-state index contributed by atoms with van der Waals surface area (Å²) in [5.74, 6) is 2.81. The van der Waals surface area contributed by atoms with Gasteiger partial charge in [0.15, 0.2) is 12.4 Å². The van der Waals surface area contributed by atoms with Crippen LogP contribution in [0.5, 0.6) is 5.75 Å². The maximum absolute atomic E-state index is 11.9. The SMILES string of the molecule is Cc1nc(-c2cccc(OCC(=O)NC3CC3)c2)nc(NC2CCC3NNCC3C2)c1C. The van der Waals surface area contributed by atoms with Crippen molar-refractivity contribution in [3.63, 3.8) is 0 Å². The Morgan fingerprint density at radius 2 is 2.00 bits per heavy atom. The Kier molecular flexibility index (Phi) is 5.97. The first-order valence-corrected chi connectivity index (χ1v) is 11.7. The highest BCUT2D eigenvalue weighted by Gasteiger charge is 2.34. The summed E-state index contributed by atoms with van der Waals surface area (Å²) in [7, 11) is 0. The second kappa shape index (κ2) is 9.03. The topological polar surface area (TPSA) is 100 Å². The van der Waals surface area contributed by atoms with Crippen LogP contribution in [-0.4, -0.2) is 47.2 Å². The minimum atomic E-state index is -0.0748. The minimum absolute atomic E-state index is 0.0219. The Morgan fingerprint density at radius 3 is 2.84 bits per heavy atom. The van der Waals surface area contributed by atoms with Crippen LogP contribution in [-0.2, 0) is 4.79 Å². The number of amides is 1. The number of benzene rings is 1. The number of hydrogen-bond acceptors (Lipinski definition) is 7. The number of hydrazine groups is 1. The lowest BCUT2D eigenvalue weighted by atomic mass is 9.83. The molecule has 0 radical (unpaired) electrons. The third kappa shape index (κ3) is 4.86.